The minimum Gasteiger partial charge on any atom is -0.361 e. The minimum absolute atomic E-state index is 0.0311. The number of rotatable bonds is 4. The number of halogens is 1. The summed E-state index contributed by atoms with van der Waals surface area (Å²) in [6.45, 7) is 2.95. The summed E-state index contributed by atoms with van der Waals surface area (Å²) in [6, 6.07) is 15.6. The highest BCUT2D eigenvalue weighted by atomic mass is 35.5. The highest BCUT2D eigenvalue weighted by Gasteiger charge is 2.27. The minimum atomic E-state index is -0.126. The molecule has 0 unspecified atom stereocenters. The average molecular weight is 572 g/mol. The van der Waals surface area contributed by atoms with Crippen LogP contribution < -0.4 is 16.0 Å². The number of hydrogen-bond donors (Lipinski definition) is 3. The molecule has 11 heteroatoms. The Balaban J connectivity index is 1.14. The zero-order chi connectivity index (χ0) is 28.3. The van der Waals surface area contributed by atoms with Crippen molar-refractivity contribution in [2.45, 2.75) is 39.0 Å². The molecule has 2 amide bonds. The fraction of sp³-hybridized carbons (Fsp3) is 0.300. The number of amides is 2. The number of anilines is 5. The van der Waals surface area contributed by atoms with Crippen molar-refractivity contribution < 1.29 is 14.1 Å². The summed E-state index contributed by atoms with van der Waals surface area (Å²) < 4.78 is 5.04. The zero-order valence-electron chi connectivity index (χ0n) is 22.6. The number of aromatic nitrogens is 3. The summed E-state index contributed by atoms with van der Waals surface area (Å²) in [5.74, 6) is 1.59. The molecule has 3 N–H and O–H groups in total. The van der Waals surface area contributed by atoms with E-state index < -0.39 is 0 Å². The van der Waals surface area contributed by atoms with Crippen LogP contribution in [0.25, 0.3) is 0 Å². The van der Waals surface area contributed by atoms with Crippen molar-refractivity contribution in [1.82, 2.24) is 20.0 Å². The molecule has 0 atom stereocenters. The standard InChI is InChI=1S/C30H30ClN7O3/c1-18-13-26(37-41-18)29(40)38-11-9-20(10-12-38)15-27(39)35-25-8-7-23-16-21(25)6-5-19-3-2-4-22(14-19)34-30-32-17-24(31)28(33-23)36-30/h2-4,7-8,13-14,16-17,20H,5-6,9-12,15H2,1H3,(H,35,39)(H2,32,33,34,36). The lowest BCUT2D eigenvalue weighted by molar-refractivity contribution is -0.117. The van der Waals surface area contributed by atoms with E-state index in [2.05, 4.69) is 43.2 Å². The Morgan fingerprint density at radius 1 is 1.07 bits per heavy atom. The largest absolute Gasteiger partial charge is 0.361 e. The van der Waals surface area contributed by atoms with Gasteiger partial charge >= 0.3 is 0 Å². The van der Waals surface area contributed by atoms with Crippen molar-refractivity contribution in [3.05, 3.63) is 82.3 Å². The molecule has 41 heavy (non-hydrogen) atoms. The maximum Gasteiger partial charge on any atom is 0.276 e. The van der Waals surface area contributed by atoms with Gasteiger partial charge in [-0.1, -0.05) is 28.9 Å². The number of benzene rings is 2. The maximum absolute atomic E-state index is 13.1. The van der Waals surface area contributed by atoms with Crippen LogP contribution in [0.2, 0.25) is 5.02 Å². The van der Waals surface area contributed by atoms with Gasteiger partial charge in [0.2, 0.25) is 11.9 Å². The molecule has 1 saturated heterocycles. The van der Waals surface area contributed by atoms with Crippen molar-refractivity contribution in [2.75, 3.05) is 29.0 Å². The van der Waals surface area contributed by atoms with Crippen molar-refractivity contribution in [1.29, 1.82) is 0 Å². The van der Waals surface area contributed by atoms with Crippen molar-refractivity contribution >= 4 is 52.2 Å². The van der Waals surface area contributed by atoms with Crippen LogP contribution in [0, 0.1) is 12.8 Å². The number of fused-ring (bicyclic) bond motifs is 6. The Kier molecular flexibility index (Phi) is 7.56. The first-order valence-corrected chi connectivity index (χ1v) is 14.1. The Bertz CT molecular complexity index is 1600. The summed E-state index contributed by atoms with van der Waals surface area (Å²) in [5.41, 5.74) is 4.98. The van der Waals surface area contributed by atoms with Gasteiger partial charge in [-0.25, -0.2) is 4.98 Å². The van der Waals surface area contributed by atoms with E-state index in [1.54, 1.807) is 24.1 Å². The summed E-state index contributed by atoms with van der Waals surface area (Å²) in [7, 11) is 0. The van der Waals surface area contributed by atoms with Gasteiger partial charge in [0.1, 0.15) is 10.8 Å². The molecule has 6 rings (SSSR count). The molecule has 4 aromatic rings. The highest BCUT2D eigenvalue weighted by molar-refractivity contribution is 6.32. The van der Waals surface area contributed by atoms with Gasteiger partial charge in [-0.2, -0.15) is 4.98 Å². The van der Waals surface area contributed by atoms with Crippen LogP contribution in [0.4, 0.5) is 28.8 Å². The maximum atomic E-state index is 13.1. The lowest BCUT2D eigenvalue weighted by atomic mass is 9.93. The predicted octanol–water partition coefficient (Wildman–Crippen LogP) is 5.89. The third-order valence-corrected chi connectivity index (χ3v) is 7.75. The van der Waals surface area contributed by atoms with E-state index in [0.717, 1.165) is 53.9 Å². The lowest BCUT2D eigenvalue weighted by Gasteiger charge is -2.31. The van der Waals surface area contributed by atoms with E-state index in [4.69, 9.17) is 16.1 Å². The molecule has 0 spiro atoms. The SMILES string of the molecule is Cc1cc(C(=O)N2CCC(CC(=O)Nc3ccc4cc3CCc3cccc(c3)Nc3ncc(Cl)c(n3)N4)CC2)no1. The van der Waals surface area contributed by atoms with Crippen LogP contribution >= 0.6 is 11.6 Å². The smallest absolute Gasteiger partial charge is 0.276 e. The molecule has 2 aliphatic heterocycles. The van der Waals surface area contributed by atoms with Crippen molar-refractivity contribution in [3.8, 4) is 0 Å². The zero-order valence-corrected chi connectivity index (χ0v) is 23.4. The fourth-order valence-corrected chi connectivity index (χ4v) is 5.44. The van der Waals surface area contributed by atoms with Gasteiger partial charge in [-0.05, 0) is 80.0 Å². The molecule has 0 radical (unpaired) electrons. The molecule has 4 heterocycles. The number of carbonyl (C=O) groups excluding carboxylic acids is 2. The van der Waals surface area contributed by atoms with E-state index in [1.165, 1.54) is 0 Å². The number of nitrogens with one attached hydrogen (secondary N) is 3. The number of carbonyl (C=O) groups is 2. The first-order chi connectivity index (χ1) is 19.9. The highest BCUT2D eigenvalue weighted by Crippen LogP contribution is 2.30. The third kappa shape index (κ3) is 6.33. The molecule has 10 nitrogen and oxygen atoms in total. The Labute approximate surface area is 242 Å². The van der Waals surface area contributed by atoms with Crippen LogP contribution in [-0.4, -0.2) is 44.9 Å². The van der Waals surface area contributed by atoms with Gasteiger partial charge in [-0.15, -0.1) is 0 Å². The fourth-order valence-electron chi connectivity index (χ4n) is 5.30. The number of piperidine rings is 1. The molecular formula is C30H30ClN7O3. The summed E-state index contributed by atoms with van der Waals surface area (Å²) in [6.07, 6.45) is 5.01. The molecular weight excluding hydrogens is 542 g/mol. The normalized spacial score (nSPS) is 15.0. The third-order valence-electron chi connectivity index (χ3n) is 7.48. The van der Waals surface area contributed by atoms with Gasteiger partial charge < -0.3 is 25.4 Å². The summed E-state index contributed by atoms with van der Waals surface area (Å²) in [4.78, 5) is 36.4. The van der Waals surface area contributed by atoms with Crippen LogP contribution in [0.15, 0.2) is 59.3 Å². The quantitative estimate of drug-likeness (QED) is 0.277. The van der Waals surface area contributed by atoms with Gasteiger partial charge in [0.25, 0.3) is 5.91 Å². The topological polar surface area (TPSA) is 125 Å². The molecule has 210 valence electrons. The number of nitrogens with zero attached hydrogens (tertiary/aromatic N) is 4. The second-order valence-electron chi connectivity index (χ2n) is 10.5. The number of hydrogen-bond acceptors (Lipinski definition) is 8. The first-order valence-electron chi connectivity index (χ1n) is 13.7. The second-order valence-corrected chi connectivity index (χ2v) is 10.9. The first kappa shape index (κ1) is 26.8. The van der Waals surface area contributed by atoms with Gasteiger partial charge in [-0.3, -0.25) is 9.59 Å². The Hall–Kier alpha value is -4.44. The molecule has 0 saturated carbocycles. The van der Waals surface area contributed by atoms with E-state index in [0.29, 0.717) is 47.8 Å². The van der Waals surface area contributed by atoms with Crippen molar-refractivity contribution in [2.24, 2.45) is 5.92 Å². The molecule has 2 aromatic carbocycles. The number of likely N-dealkylation sites (tertiary alicyclic amines) is 1. The van der Waals surface area contributed by atoms with Gasteiger partial charge in [0, 0.05) is 42.6 Å². The molecule has 6 bridgehead atoms. The molecule has 1 fully saturated rings. The molecule has 2 aliphatic rings. The molecule has 0 aliphatic carbocycles. The van der Waals surface area contributed by atoms with E-state index in [1.807, 2.05) is 30.3 Å². The summed E-state index contributed by atoms with van der Waals surface area (Å²) >= 11 is 6.38. The Morgan fingerprint density at radius 2 is 1.90 bits per heavy atom. The number of aryl methyl sites for hydroxylation is 3. The van der Waals surface area contributed by atoms with Crippen LogP contribution in [0.3, 0.4) is 0 Å². The Morgan fingerprint density at radius 3 is 2.71 bits per heavy atom. The van der Waals surface area contributed by atoms with E-state index in [9.17, 15) is 9.59 Å². The van der Waals surface area contributed by atoms with Crippen molar-refractivity contribution in [3.63, 3.8) is 0 Å². The van der Waals surface area contributed by atoms with Crippen LogP contribution in [0.1, 0.15) is 46.6 Å². The van der Waals surface area contributed by atoms with Crippen LogP contribution in [0.5, 0.6) is 0 Å². The second kappa shape index (κ2) is 11.6. The monoisotopic (exact) mass is 571 g/mol. The molecule has 2 aromatic heterocycles. The predicted molar refractivity (Wildman–Crippen MR) is 157 cm³/mol. The van der Waals surface area contributed by atoms with Crippen LogP contribution in [-0.2, 0) is 17.6 Å². The van der Waals surface area contributed by atoms with Gasteiger partial charge in [0.05, 0.1) is 6.20 Å². The van der Waals surface area contributed by atoms with Gasteiger partial charge in [0.15, 0.2) is 11.5 Å². The average Bonchev–Trinajstić information content (AvgIpc) is 3.41. The summed E-state index contributed by atoms with van der Waals surface area (Å²) in [5, 5.41) is 13.9. The van der Waals surface area contributed by atoms with E-state index in [-0.39, 0.29) is 17.7 Å². The lowest BCUT2D eigenvalue weighted by Crippen LogP contribution is -2.39. The van der Waals surface area contributed by atoms with E-state index >= 15 is 0 Å².